The number of nitrogens with zero attached hydrogens (tertiary/aromatic N) is 3. The summed E-state index contributed by atoms with van der Waals surface area (Å²) in [5.41, 5.74) is 1.16. The molecule has 1 saturated carbocycles. The number of benzene rings is 1. The number of halogens is 1. The summed E-state index contributed by atoms with van der Waals surface area (Å²) in [6.07, 6.45) is 5.71. The number of carbonyl (C=O) groups is 2. The smallest absolute Gasteiger partial charge is 0.273 e. The molecule has 0 unspecified atom stereocenters. The lowest BCUT2D eigenvalue weighted by molar-refractivity contribution is -0.161. The molecular weight excluding hydrogens is 444 g/mol. The molecule has 9 heteroatoms. The van der Waals surface area contributed by atoms with Crippen LogP contribution in [0.2, 0.25) is 5.02 Å². The highest BCUT2D eigenvalue weighted by Crippen LogP contribution is 2.36. The molecule has 2 aliphatic rings. The maximum atomic E-state index is 12.7. The standard InChI is InChI=1S/C24H31ClN4O4/c1-15-12-27-23(33-15)18-5-9-20(10-6-18)28-13-22(24(31)29(26)16(2)30)32-14-21(28)11-17-3-7-19(25)8-4-17/h3-4,7-8,12,18,20-22H,5-6,9-11,13-14,26H2,1-2H3/t18?,20?,21-,22+/m0/s1. The molecule has 1 aromatic heterocycles. The number of amides is 2. The minimum atomic E-state index is -0.757. The van der Waals surface area contributed by atoms with Crippen molar-refractivity contribution in [1.29, 1.82) is 0 Å². The molecule has 0 spiro atoms. The van der Waals surface area contributed by atoms with E-state index in [4.69, 9.17) is 26.6 Å². The average molecular weight is 475 g/mol. The minimum Gasteiger partial charge on any atom is -0.446 e. The van der Waals surface area contributed by atoms with Crippen LogP contribution in [-0.4, -0.2) is 58.0 Å². The third-order valence-corrected chi connectivity index (χ3v) is 6.98. The van der Waals surface area contributed by atoms with Crippen LogP contribution in [0.25, 0.3) is 0 Å². The minimum absolute atomic E-state index is 0.115. The van der Waals surface area contributed by atoms with Gasteiger partial charge in [0.2, 0.25) is 5.91 Å². The molecule has 1 aliphatic carbocycles. The number of hydrazine groups is 1. The molecular formula is C24H31ClN4O4. The Morgan fingerprint density at radius 2 is 1.91 bits per heavy atom. The number of hydrogen-bond acceptors (Lipinski definition) is 7. The number of nitrogens with two attached hydrogens (primary N) is 1. The van der Waals surface area contributed by atoms with Gasteiger partial charge in [0.25, 0.3) is 5.91 Å². The molecule has 1 saturated heterocycles. The normalized spacial score (nSPS) is 26.2. The number of aryl methyl sites for hydroxylation is 1. The zero-order valence-corrected chi connectivity index (χ0v) is 19.8. The first-order valence-corrected chi connectivity index (χ1v) is 11.8. The van der Waals surface area contributed by atoms with E-state index in [1.165, 1.54) is 6.92 Å². The van der Waals surface area contributed by atoms with Crippen molar-refractivity contribution in [1.82, 2.24) is 14.9 Å². The van der Waals surface area contributed by atoms with Crippen molar-refractivity contribution in [3.63, 3.8) is 0 Å². The molecule has 2 fully saturated rings. The number of carbonyl (C=O) groups excluding carboxylic acids is 2. The molecule has 33 heavy (non-hydrogen) atoms. The van der Waals surface area contributed by atoms with Gasteiger partial charge in [-0.15, -0.1) is 0 Å². The maximum absolute atomic E-state index is 12.7. The van der Waals surface area contributed by atoms with E-state index in [0.717, 1.165) is 49.3 Å². The van der Waals surface area contributed by atoms with Crippen LogP contribution >= 0.6 is 11.6 Å². The molecule has 2 N–H and O–H groups in total. The fraction of sp³-hybridized carbons (Fsp3) is 0.542. The Morgan fingerprint density at radius 3 is 2.52 bits per heavy atom. The zero-order chi connectivity index (χ0) is 23.5. The van der Waals surface area contributed by atoms with Gasteiger partial charge in [-0.2, -0.15) is 0 Å². The highest BCUT2D eigenvalue weighted by molar-refractivity contribution is 6.30. The second kappa shape index (κ2) is 10.3. The van der Waals surface area contributed by atoms with Gasteiger partial charge in [-0.3, -0.25) is 14.5 Å². The van der Waals surface area contributed by atoms with Gasteiger partial charge in [0.1, 0.15) is 5.76 Å². The Balaban J connectivity index is 1.47. The topological polar surface area (TPSA) is 102 Å². The van der Waals surface area contributed by atoms with Crippen molar-refractivity contribution in [2.45, 2.75) is 70.1 Å². The number of morpholine rings is 1. The van der Waals surface area contributed by atoms with Crippen molar-refractivity contribution >= 4 is 23.4 Å². The highest BCUT2D eigenvalue weighted by Gasteiger charge is 2.40. The highest BCUT2D eigenvalue weighted by atomic mass is 35.5. The van der Waals surface area contributed by atoms with Crippen molar-refractivity contribution in [2.75, 3.05) is 13.2 Å². The fourth-order valence-electron chi connectivity index (χ4n) is 4.91. The average Bonchev–Trinajstić information content (AvgIpc) is 3.26. The van der Waals surface area contributed by atoms with E-state index >= 15 is 0 Å². The predicted octanol–water partition coefficient (Wildman–Crippen LogP) is 3.22. The Morgan fingerprint density at radius 1 is 1.21 bits per heavy atom. The van der Waals surface area contributed by atoms with Gasteiger partial charge in [-0.25, -0.2) is 15.8 Å². The van der Waals surface area contributed by atoms with Gasteiger partial charge in [0.15, 0.2) is 12.0 Å². The van der Waals surface area contributed by atoms with E-state index in [2.05, 4.69) is 9.88 Å². The van der Waals surface area contributed by atoms with Crippen LogP contribution in [0.1, 0.15) is 55.7 Å². The van der Waals surface area contributed by atoms with Crippen molar-refractivity contribution in [2.24, 2.45) is 5.84 Å². The lowest BCUT2D eigenvalue weighted by Crippen LogP contribution is -2.60. The molecule has 2 amide bonds. The summed E-state index contributed by atoms with van der Waals surface area (Å²) in [5, 5.41) is 1.36. The Hall–Kier alpha value is -2.26. The first kappa shape index (κ1) is 23.9. The van der Waals surface area contributed by atoms with Crippen LogP contribution in [-0.2, 0) is 20.7 Å². The Kier molecular flexibility index (Phi) is 7.48. The molecule has 2 heterocycles. The van der Waals surface area contributed by atoms with Gasteiger partial charge < -0.3 is 9.15 Å². The van der Waals surface area contributed by atoms with Crippen molar-refractivity contribution < 1.29 is 18.7 Å². The number of ether oxygens (including phenoxy) is 1. The Bertz CT molecular complexity index is 971. The summed E-state index contributed by atoms with van der Waals surface area (Å²) in [4.78, 5) is 31.1. The van der Waals surface area contributed by atoms with Crippen LogP contribution in [0.4, 0.5) is 0 Å². The predicted molar refractivity (Wildman–Crippen MR) is 123 cm³/mol. The second-order valence-electron chi connectivity index (χ2n) is 9.05. The monoisotopic (exact) mass is 474 g/mol. The molecule has 0 radical (unpaired) electrons. The van der Waals surface area contributed by atoms with E-state index in [-0.39, 0.29) is 6.04 Å². The van der Waals surface area contributed by atoms with Gasteiger partial charge in [0.05, 0.1) is 12.8 Å². The van der Waals surface area contributed by atoms with Crippen LogP contribution in [0.3, 0.4) is 0 Å². The number of aromatic nitrogens is 1. The molecule has 8 nitrogen and oxygen atoms in total. The molecule has 2 atom stereocenters. The Labute approximate surface area is 199 Å². The summed E-state index contributed by atoms with van der Waals surface area (Å²) >= 11 is 6.05. The summed E-state index contributed by atoms with van der Waals surface area (Å²) in [6, 6.07) is 8.25. The van der Waals surface area contributed by atoms with Crippen LogP contribution < -0.4 is 5.84 Å². The van der Waals surface area contributed by atoms with Gasteiger partial charge in [0, 0.05) is 36.5 Å². The van der Waals surface area contributed by atoms with Crippen LogP contribution in [0.5, 0.6) is 0 Å². The van der Waals surface area contributed by atoms with E-state index in [1.54, 1.807) is 6.20 Å². The van der Waals surface area contributed by atoms with Gasteiger partial charge in [-0.1, -0.05) is 23.7 Å². The van der Waals surface area contributed by atoms with E-state index in [9.17, 15) is 9.59 Å². The summed E-state index contributed by atoms with van der Waals surface area (Å²) in [7, 11) is 0. The molecule has 1 aliphatic heterocycles. The number of rotatable bonds is 5. The SMILES string of the molecule is CC(=O)N(N)C(=O)[C@H]1CN(C2CCC(c3ncc(C)o3)CC2)[C@@H](Cc2ccc(Cl)cc2)CO1. The molecule has 4 rings (SSSR count). The van der Waals surface area contributed by atoms with Gasteiger partial charge >= 0.3 is 0 Å². The van der Waals surface area contributed by atoms with Gasteiger partial charge in [-0.05, 0) is 56.7 Å². The zero-order valence-electron chi connectivity index (χ0n) is 19.1. The van der Waals surface area contributed by atoms with Crippen molar-refractivity contribution in [3.8, 4) is 0 Å². The first-order valence-electron chi connectivity index (χ1n) is 11.4. The van der Waals surface area contributed by atoms with Crippen LogP contribution in [0.15, 0.2) is 34.9 Å². The lowest BCUT2D eigenvalue weighted by Gasteiger charge is -2.46. The summed E-state index contributed by atoms with van der Waals surface area (Å²) < 4.78 is 11.7. The quantitative estimate of drug-likeness (QED) is 0.403. The molecule has 1 aromatic carbocycles. The molecule has 0 bridgehead atoms. The maximum Gasteiger partial charge on any atom is 0.273 e. The summed E-state index contributed by atoms with van der Waals surface area (Å²) in [6.45, 7) is 3.98. The number of hydrogen-bond donors (Lipinski definition) is 1. The third-order valence-electron chi connectivity index (χ3n) is 6.73. The van der Waals surface area contributed by atoms with E-state index in [1.807, 2.05) is 31.2 Å². The molecule has 178 valence electrons. The first-order chi connectivity index (χ1) is 15.8. The third kappa shape index (κ3) is 5.63. The largest absolute Gasteiger partial charge is 0.446 e. The number of oxazole rings is 1. The van der Waals surface area contributed by atoms with Crippen LogP contribution in [0, 0.1) is 6.92 Å². The fourth-order valence-corrected chi connectivity index (χ4v) is 5.03. The summed E-state index contributed by atoms with van der Waals surface area (Å²) in [5.74, 6) is 6.65. The number of imide groups is 1. The second-order valence-corrected chi connectivity index (χ2v) is 9.48. The van der Waals surface area contributed by atoms with E-state index in [0.29, 0.717) is 35.1 Å². The van der Waals surface area contributed by atoms with E-state index < -0.39 is 17.9 Å². The lowest BCUT2D eigenvalue weighted by atomic mass is 9.84. The van der Waals surface area contributed by atoms with Crippen molar-refractivity contribution in [3.05, 3.63) is 52.7 Å². The molecule has 2 aromatic rings.